The largest absolute Gasteiger partial charge is 0.756 e. The highest BCUT2D eigenvalue weighted by Gasteiger charge is 2.23. The number of aliphatic hydroxyl groups is 1. The molecule has 0 aromatic carbocycles. The highest BCUT2D eigenvalue weighted by Crippen LogP contribution is 2.38. The van der Waals surface area contributed by atoms with Crippen LogP contribution in [0.4, 0.5) is 0 Å². The van der Waals surface area contributed by atoms with Gasteiger partial charge in [0, 0.05) is 6.42 Å². The van der Waals surface area contributed by atoms with Crippen LogP contribution < -0.4 is 10.2 Å². The van der Waals surface area contributed by atoms with E-state index in [0.717, 1.165) is 70.6 Å². The Kier molecular flexibility index (Phi) is 70.1. The van der Waals surface area contributed by atoms with E-state index in [4.69, 9.17) is 9.05 Å². The number of rotatable bonds is 73. The third kappa shape index (κ3) is 74.9. The number of allylic oxidation sites excluding steroid dienone is 13. The number of nitrogens with one attached hydrogen (secondary N) is 1. The fourth-order valence-corrected chi connectivity index (χ4v) is 12.5. The van der Waals surface area contributed by atoms with Crippen molar-refractivity contribution >= 4 is 13.7 Å². The van der Waals surface area contributed by atoms with E-state index in [1.807, 2.05) is 27.2 Å². The van der Waals surface area contributed by atoms with Crippen LogP contribution in [0.3, 0.4) is 0 Å². The fraction of sp³-hybridized carbons (Fsp3) is 0.817. The second-order valence-corrected chi connectivity index (χ2v) is 29.4. The van der Waals surface area contributed by atoms with E-state index >= 15 is 0 Å². The van der Waals surface area contributed by atoms with Crippen LogP contribution in [0.5, 0.6) is 0 Å². The standard InChI is InChI=1S/C82H153N2O6P/c1-6-8-10-12-14-16-18-20-22-24-26-28-30-32-34-36-38-40-41-42-43-44-46-48-50-52-54-56-58-60-62-64-66-68-70-72-74-76-82(86)83-80(79-90-91(87,88)89-78-77-84(3,4)5)81(85)75-73-71-69-67-65-63-61-59-57-55-53-51-49-47-45-39-37-35-33-31-29-27-25-23-21-19-17-15-13-11-9-7-2/h8,10,14,16,20,22,26,28,57,59,65,67,73,75,80-81,85H,6-7,9,11-13,15,17-19,21,23-25,27,29-56,58,60-64,66,68-72,74,76-79H2,1-5H3,(H-,83,86,87,88)/b10-8-,16-14-,22-20-,28-26-,59-57+,67-65+,75-73+. The summed E-state index contributed by atoms with van der Waals surface area (Å²) in [5.41, 5.74) is 0. The number of carbonyl (C=O) groups excluding carboxylic acids is 1. The molecule has 8 nitrogen and oxygen atoms in total. The number of quaternary nitrogens is 1. The van der Waals surface area contributed by atoms with Gasteiger partial charge in [-0.3, -0.25) is 9.36 Å². The lowest BCUT2D eigenvalue weighted by molar-refractivity contribution is -0.870. The van der Waals surface area contributed by atoms with Crippen LogP contribution in [0.25, 0.3) is 0 Å². The number of unbranched alkanes of at least 4 members (excludes halogenated alkanes) is 48. The molecule has 0 aromatic heterocycles. The molecular weight excluding hydrogens is 1140 g/mol. The predicted octanol–water partition coefficient (Wildman–Crippen LogP) is 25.2. The second-order valence-electron chi connectivity index (χ2n) is 28.0. The molecular formula is C82H153N2O6P. The highest BCUT2D eigenvalue weighted by atomic mass is 31.2. The molecule has 0 heterocycles. The van der Waals surface area contributed by atoms with Gasteiger partial charge in [0.1, 0.15) is 13.2 Å². The zero-order valence-electron chi connectivity index (χ0n) is 61.0. The predicted molar refractivity (Wildman–Crippen MR) is 399 cm³/mol. The number of aliphatic hydroxyl groups excluding tert-OH is 1. The Morgan fingerprint density at radius 2 is 0.681 bits per heavy atom. The van der Waals surface area contributed by atoms with Crippen molar-refractivity contribution in [3.63, 3.8) is 0 Å². The van der Waals surface area contributed by atoms with Crippen molar-refractivity contribution in [2.24, 2.45) is 0 Å². The summed E-state index contributed by atoms with van der Waals surface area (Å²) in [6.45, 7) is 4.56. The zero-order valence-corrected chi connectivity index (χ0v) is 61.9. The van der Waals surface area contributed by atoms with Crippen LogP contribution in [0.2, 0.25) is 0 Å². The van der Waals surface area contributed by atoms with Crippen molar-refractivity contribution in [2.75, 3.05) is 40.9 Å². The second kappa shape index (κ2) is 72.0. The SMILES string of the molecule is CC/C=C\C/C=C\C/C=C\C/C=C\CCCCCCCCCCCCCCCCCCCCCCCCCCC(=O)NC(COP(=O)([O-])OCC[N+](C)(C)C)C(O)/C=C/CC/C=C/CC/C=C/CCCCCCCCCCCCCCCCCCCCCCCC. The summed E-state index contributed by atoms with van der Waals surface area (Å²) in [5, 5.41) is 14.0. The van der Waals surface area contributed by atoms with E-state index in [-0.39, 0.29) is 12.5 Å². The van der Waals surface area contributed by atoms with Gasteiger partial charge in [0.25, 0.3) is 7.82 Å². The zero-order chi connectivity index (χ0) is 66.2. The van der Waals surface area contributed by atoms with Crippen LogP contribution >= 0.6 is 7.82 Å². The molecule has 3 unspecified atom stereocenters. The minimum absolute atomic E-state index is 0.00946. The fourth-order valence-electron chi connectivity index (χ4n) is 11.8. The van der Waals surface area contributed by atoms with Gasteiger partial charge < -0.3 is 28.8 Å². The maximum Gasteiger partial charge on any atom is 0.268 e. The van der Waals surface area contributed by atoms with Crippen LogP contribution in [0.15, 0.2) is 85.1 Å². The Labute approximate surface area is 567 Å². The van der Waals surface area contributed by atoms with Crippen molar-refractivity contribution in [3.8, 4) is 0 Å². The number of likely N-dealkylation sites (N-methyl/N-ethyl adjacent to an activating group) is 1. The molecule has 3 atom stereocenters. The smallest absolute Gasteiger partial charge is 0.268 e. The summed E-state index contributed by atoms with van der Waals surface area (Å²) in [5.74, 6) is -0.206. The molecule has 532 valence electrons. The van der Waals surface area contributed by atoms with E-state index in [1.165, 1.54) is 289 Å². The Bertz CT molecular complexity index is 1760. The van der Waals surface area contributed by atoms with E-state index in [9.17, 15) is 19.4 Å². The van der Waals surface area contributed by atoms with Gasteiger partial charge in [-0.2, -0.15) is 0 Å². The van der Waals surface area contributed by atoms with E-state index < -0.39 is 26.6 Å². The van der Waals surface area contributed by atoms with Crippen molar-refractivity contribution < 1.29 is 32.9 Å². The molecule has 0 radical (unpaired) electrons. The number of hydrogen-bond acceptors (Lipinski definition) is 6. The minimum atomic E-state index is -4.62. The lowest BCUT2D eigenvalue weighted by Crippen LogP contribution is -2.45. The first-order valence-corrected chi connectivity index (χ1v) is 40.9. The van der Waals surface area contributed by atoms with Crippen molar-refractivity contribution in [1.29, 1.82) is 0 Å². The Morgan fingerprint density at radius 3 is 1.02 bits per heavy atom. The summed E-state index contributed by atoms with van der Waals surface area (Å²) in [7, 11) is 1.25. The monoisotopic (exact) mass is 1290 g/mol. The van der Waals surface area contributed by atoms with Gasteiger partial charge in [-0.15, -0.1) is 0 Å². The normalized spacial score (nSPS) is 14.0. The van der Waals surface area contributed by atoms with Gasteiger partial charge in [0.05, 0.1) is 39.9 Å². The maximum absolute atomic E-state index is 13.1. The average molecular weight is 1290 g/mol. The number of hydrogen-bond donors (Lipinski definition) is 2. The van der Waals surface area contributed by atoms with Gasteiger partial charge in [-0.25, -0.2) is 0 Å². The van der Waals surface area contributed by atoms with E-state index in [2.05, 4.69) is 92.1 Å². The third-order valence-corrected chi connectivity index (χ3v) is 18.8. The van der Waals surface area contributed by atoms with Gasteiger partial charge in [0.15, 0.2) is 0 Å². The van der Waals surface area contributed by atoms with E-state index in [0.29, 0.717) is 17.4 Å². The van der Waals surface area contributed by atoms with Crippen LogP contribution in [0, 0.1) is 0 Å². The molecule has 0 saturated heterocycles. The number of nitrogens with zero attached hydrogens (tertiary/aromatic N) is 1. The van der Waals surface area contributed by atoms with Gasteiger partial charge in [0.2, 0.25) is 5.91 Å². The average Bonchev–Trinajstić information content (AvgIpc) is 3.42. The summed E-state index contributed by atoms with van der Waals surface area (Å²) in [6.07, 6.45) is 103. The molecule has 1 amide bonds. The van der Waals surface area contributed by atoms with Crippen LogP contribution in [0.1, 0.15) is 380 Å². The molecule has 0 aliphatic heterocycles. The minimum Gasteiger partial charge on any atom is -0.756 e. The molecule has 0 spiro atoms. The quantitative estimate of drug-likeness (QED) is 0.0272. The molecule has 0 aromatic rings. The molecule has 0 bridgehead atoms. The lowest BCUT2D eigenvalue weighted by atomic mass is 10.0. The van der Waals surface area contributed by atoms with Gasteiger partial charge >= 0.3 is 0 Å². The van der Waals surface area contributed by atoms with Crippen molar-refractivity contribution in [2.45, 2.75) is 392 Å². The van der Waals surface area contributed by atoms with Gasteiger partial charge in [-0.1, -0.05) is 375 Å². The molecule has 0 aliphatic carbocycles. The third-order valence-electron chi connectivity index (χ3n) is 17.8. The maximum atomic E-state index is 13.1. The first kappa shape index (κ1) is 88.7. The number of phosphoric acid groups is 1. The Hall–Kier alpha value is -2.32. The summed E-state index contributed by atoms with van der Waals surface area (Å²) in [4.78, 5) is 25.7. The van der Waals surface area contributed by atoms with Gasteiger partial charge in [-0.05, 0) is 83.5 Å². The van der Waals surface area contributed by atoms with Crippen LogP contribution in [-0.4, -0.2) is 68.5 Å². The first-order valence-electron chi connectivity index (χ1n) is 39.4. The molecule has 91 heavy (non-hydrogen) atoms. The lowest BCUT2D eigenvalue weighted by Gasteiger charge is -2.29. The molecule has 0 fully saturated rings. The summed E-state index contributed by atoms with van der Waals surface area (Å²) >= 11 is 0. The van der Waals surface area contributed by atoms with Crippen LogP contribution in [-0.2, 0) is 18.4 Å². The molecule has 0 aliphatic rings. The molecule has 2 N–H and O–H groups in total. The number of carbonyl (C=O) groups is 1. The number of phosphoric ester groups is 1. The van der Waals surface area contributed by atoms with Crippen molar-refractivity contribution in [1.82, 2.24) is 5.32 Å². The first-order chi connectivity index (χ1) is 44.5. The summed E-state index contributed by atoms with van der Waals surface area (Å²) in [6, 6.07) is -0.914. The summed E-state index contributed by atoms with van der Waals surface area (Å²) < 4.78 is 23.5. The Morgan fingerprint density at radius 1 is 0.396 bits per heavy atom. The Balaban J connectivity index is 4.01. The molecule has 9 heteroatoms. The number of amides is 1. The topological polar surface area (TPSA) is 108 Å². The highest BCUT2D eigenvalue weighted by molar-refractivity contribution is 7.45. The van der Waals surface area contributed by atoms with Crippen molar-refractivity contribution in [3.05, 3.63) is 85.1 Å². The molecule has 0 rings (SSSR count). The molecule has 0 saturated carbocycles. The van der Waals surface area contributed by atoms with E-state index in [1.54, 1.807) is 6.08 Å².